The van der Waals surface area contributed by atoms with E-state index in [2.05, 4.69) is 4.74 Å². The number of rotatable bonds is 7. The molecule has 0 heterocycles. The molecule has 0 aliphatic heterocycles. The summed E-state index contributed by atoms with van der Waals surface area (Å²) in [7, 11) is 1.34. The number of hydrogen-bond acceptors (Lipinski definition) is 4. The highest BCUT2D eigenvalue weighted by Gasteiger charge is 2.10. The molecule has 0 spiro atoms. The molecule has 18 heavy (non-hydrogen) atoms. The van der Waals surface area contributed by atoms with Crippen molar-refractivity contribution in [2.45, 2.75) is 12.8 Å². The van der Waals surface area contributed by atoms with Crippen LogP contribution >= 0.6 is 0 Å². The van der Waals surface area contributed by atoms with Gasteiger partial charge in [0.05, 0.1) is 20.0 Å². The number of hydrogen-bond donors (Lipinski definition) is 1. The molecule has 0 aliphatic carbocycles. The lowest BCUT2D eigenvalue weighted by Gasteiger charge is -2.23. The SMILES string of the molecule is COC(=O)CCN(CCC(=O)O)c1ccccc1. The maximum Gasteiger partial charge on any atom is 0.307 e. The highest BCUT2D eigenvalue weighted by Crippen LogP contribution is 2.14. The van der Waals surface area contributed by atoms with E-state index in [0.717, 1.165) is 5.69 Å². The van der Waals surface area contributed by atoms with Gasteiger partial charge in [-0.25, -0.2) is 0 Å². The molecule has 0 aliphatic rings. The molecule has 0 unspecified atom stereocenters. The monoisotopic (exact) mass is 251 g/mol. The number of carbonyl (C=O) groups is 2. The van der Waals surface area contributed by atoms with Gasteiger partial charge in [0.1, 0.15) is 0 Å². The Morgan fingerprint density at radius 3 is 2.33 bits per heavy atom. The van der Waals surface area contributed by atoms with Crippen LogP contribution in [0.4, 0.5) is 5.69 Å². The lowest BCUT2D eigenvalue weighted by atomic mass is 10.2. The van der Waals surface area contributed by atoms with Crippen molar-refractivity contribution in [1.82, 2.24) is 0 Å². The Hall–Kier alpha value is -2.04. The fourth-order valence-corrected chi connectivity index (χ4v) is 1.57. The van der Waals surface area contributed by atoms with Gasteiger partial charge in [0, 0.05) is 18.8 Å². The molecular weight excluding hydrogens is 234 g/mol. The highest BCUT2D eigenvalue weighted by atomic mass is 16.5. The van der Waals surface area contributed by atoms with Crippen LogP contribution in [-0.2, 0) is 14.3 Å². The molecule has 0 radical (unpaired) electrons. The summed E-state index contributed by atoms with van der Waals surface area (Å²) in [5, 5.41) is 8.71. The molecule has 1 aromatic rings. The Kier molecular flexibility index (Phi) is 5.70. The molecular formula is C13H17NO4. The normalized spacial score (nSPS) is 9.83. The van der Waals surface area contributed by atoms with Crippen molar-refractivity contribution in [1.29, 1.82) is 0 Å². The molecule has 0 fully saturated rings. The van der Waals surface area contributed by atoms with Gasteiger partial charge in [-0.2, -0.15) is 0 Å². The van der Waals surface area contributed by atoms with E-state index in [1.807, 2.05) is 35.2 Å². The lowest BCUT2D eigenvalue weighted by Crippen LogP contribution is -2.28. The fourth-order valence-electron chi connectivity index (χ4n) is 1.57. The number of esters is 1. The number of aliphatic carboxylic acids is 1. The topological polar surface area (TPSA) is 66.8 Å². The van der Waals surface area contributed by atoms with Gasteiger partial charge in [-0.15, -0.1) is 0 Å². The van der Waals surface area contributed by atoms with Gasteiger partial charge in [-0.1, -0.05) is 18.2 Å². The first-order chi connectivity index (χ1) is 8.63. The van der Waals surface area contributed by atoms with Gasteiger partial charge in [-0.05, 0) is 12.1 Å². The van der Waals surface area contributed by atoms with Crippen LogP contribution in [0.1, 0.15) is 12.8 Å². The lowest BCUT2D eigenvalue weighted by molar-refractivity contribution is -0.140. The molecule has 5 heteroatoms. The second-order valence-electron chi connectivity index (χ2n) is 3.79. The van der Waals surface area contributed by atoms with Crippen molar-refractivity contribution in [3.63, 3.8) is 0 Å². The van der Waals surface area contributed by atoms with Crippen LogP contribution in [0.3, 0.4) is 0 Å². The van der Waals surface area contributed by atoms with E-state index in [0.29, 0.717) is 13.1 Å². The molecule has 0 saturated heterocycles. The van der Waals surface area contributed by atoms with Gasteiger partial charge in [0.15, 0.2) is 0 Å². The van der Waals surface area contributed by atoms with Gasteiger partial charge >= 0.3 is 11.9 Å². The van der Waals surface area contributed by atoms with E-state index in [9.17, 15) is 9.59 Å². The Morgan fingerprint density at radius 2 is 1.78 bits per heavy atom. The first-order valence-corrected chi connectivity index (χ1v) is 5.72. The summed E-state index contributed by atoms with van der Waals surface area (Å²) < 4.78 is 4.58. The van der Waals surface area contributed by atoms with E-state index < -0.39 is 5.97 Å². The van der Waals surface area contributed by atoms with E-state index in [1.54, 1.807) is 0 Å². The number of nitrogens with zero attached hydrogens (tertiary/aromatic N) is 1. The number of ether oxygens (including phenoxy) is 1. The summed E-state index contributed by atoms with van der Waals surface area (Å²) in [5.41, 5.74) is 0.905. The van der Waals surface area contributed by atoms with Gasteiger partial charge < -0.3 is 14.7 Å². The number of carboxylic acids is 1. The number of para-hydroxylation sites is 1. The van der Waals surface area contributed by atoms with Crippen LogP contribution in [-0.4, -0.2) is 37.2 Å². The zero-order chi connectivity index (χ0) is 13.4. The molecule has 0 aromatic heterocycles. The molecule has 0 bridgehead atoms. The maximum atomic E-state index is 11.1. The quantitative estimate of drug-likeness (QED) is 0.744. The smallest absolute Gasteiger partial charge is 0.307 e. The van der Waals surface area contributed by atoms with Gasteiger partial charge in [0.25, 0.3) is 0 Å². The summed E-state index contributed by atoms with van der Waals surface area (Å²) in [6, 6.07) is 9.42. The Bertz CT molecular complexity index is 391. The standard InChI is InChI=1S/C13H17NO4/c1-18-13(17)8-10-14(9-7-12(15)16)11-5-3-2-4-6-11/h2-6H,7-10H2,1H3,(H,15,16). The minimum absolute atomic E-state index is 0.0378. The minimum atomic E-state index is -0.853. The third-order valence-corrected chi connectivity index (χ3v) is 2.53. The number of anilines is 1. The van der Waals surface area contributed by atoms with Crippen molar-refractivity contribution in [3.05, 3.63) is 30.3 Å². The first-order valence-electron chi connectivity index (χ1n) is 5.72. The third-order valence-electron chi connectivity index (χ3n) is 2.53. The van der Waals surface area contributed by atoms with Crippen LogP contribution in [0, 0.1) is 0 Å². The minimum Gasteiger partial charge on any atom is -0.481 e. The van der Waals surface area contributed by atoms with Crippen LogP contribution in [0.15, 0.2) is 30.3 Å². The summed E-state index contributed by atoms with van der Waals surface area (Å²) in [6.07, 6.45) is 0.279. The predicted molar refractivity (Wildman–Crippen MR) is 67.5 cm³/mol. The largest absolute Gasteiger partial charge is 0.481 e. The average Bonchev–Trinajstić information content (AvgIpc) is 2.39. The van der Waals surface area contributed by atoms with Crippen LogP contribution in [0.25, 0.3) is 0 Å². The summed E-state index contributed by atoms with van der Waals surface area (Å²) >= 11 is 0. The van der Waals surface area contributed by atoms with Crippen molar-refractivity contribution >= 4 is 17.6 Å². The number of methoxy groups -OCH3 is 1. The fraction of sp³-hybridized carbons (Fsp3) is 0.385. The van der Waals surface area contributed by atoms with Gasteiger partial charge in [-0.3, -0.25) is 9.59 Å². The second-order valence-corrected chi connectivity index (χ2v) is 3.79. The van der Waals surface area contributed by atoms with Crippen LogP contribution < -0.4 is 4.90 Å². The van der Waals surface area contributed by atoms with Crippen molar-refractivity contribution < 1.29 is 19.4 Å². The molecule has 98 valence electrons. The number of carbonyl (C=O) groups excluding carboxylic acids is 1. The molecule has 5 nitrogen and oxygen atoms in total. The van der Waals surface area contributed by atoms with E-state index in [-0.39, 0.29) is 18.8 Å². The number of carboxylic acid groups (broad SMARTS) is 1. The first kappa shape index (κ1) is 14.0. The zero-order valence-corrected chi connectivity index (χ0v) is 10.3. The van der Waals surface area contributed by atoms with E-state index in [4.69, 9.17) is 5.11 Å². The predicted octanol–water partition coefficient (Wildman–Crippen LogP) is 1.53. The average molecular weight is 251 g/mol. The zero-order valence-electron chi connectivity index (χ0n) is 10.3. The molecule has 1 rings (SSSR count). The highest BCUT2D eigenvalue weighted by molar-refractivity contribution is 5.70. The van der Waals surface area contributed by atoms with Crippen molar-refractivity contribution in [3.8, 4) is 0 Å². The molecule has 0 atom stereocenters. The number of benzene rings is 1. The molecule has 0 saturated carbocycles. The second kappa shape index (κ2) is 7.32. The summed E-state index contributed by atoms with van der Waals surface area (Å²) in [5.74, 6) is -1.15. The summed E-state index contributed by atoms with van der Waals surface area (Å²) in [6.45, 7) is 0.820. The van der Waals surface area contributed by atoms with Crippen LogP contribution in [0.5, 0.6) is 0 Å². The van der Waals surface area contributed by atoms with E-state index >= 15 is 0 Å². The Balaban J connectivity index is 2.63. The van der Waals surface area contributed by atoms with Crippen molar-refractivity contribution in [2.24, 2.45) is 0 Å². The Labute approximate surface area is 106 Å². The molecule has 1 aromatic carbocycles. The van der Waals surface area contributed by atoms with Gasteiger partial charge in [0.2, 0.25) is 0 Å². The van der Waals surface area contributed by atoms with E-state index in [1.165, 1.54) is 7.11 Å². The summed E-state index contributed by atoms with van der Waals surface area (Å²) in [4.78, 5) is 23.6. The third kappa shape index (κ3) is 4.86. The molecule has 0 amide bonds. The maximum absolute atomic E-state index is 11.1. The molecule has 1 N–H and O–H groups in total. The van der Waals surface area contributed by atoms with Crippen molar-refractivity contribution in [2.75, 3.05) is 25.1 Å². The Morgan fingerprint density at radius 1 is 1.17 bits per heavy atom. The van der Waals surface area contributed by atoms with Crippen LogP contribution in [0.2, 0.25) is 0 Å².